The third-order valence-corrected chi connectivity index (χ3v) is 3.11. The van der Waals surface area contributed by atoms with Gasteiger partial charge in [-0.15, -0.1) is 0 Å². The average Bonchev–Trinajstić information content (AvgIpc) is 2.18. The van der Waals surface area contributed by atoms with Crippen molar-refractivity contribution in [1.82, 2.24) is 0 Å². The smallest absolute Gasteiger partial charge is 0.261 e. The number of methoxy groups -OCH3 is 1. The molecule has 0 heterocycles. The van der Waals surface area contributed by atoms with Crippen molar-refractivity contribution in [2.24, 2.45) is 0 Å². The van der Waals surface area contributed by atoms with Crippen LogP contribution < -0.4 is 0 Å². The molecule has 3 unspecified atom stereocenters. The van der Waals surface area contributed by atoms with Crippen molar-refractivity contribution < 1.29 is 23.0 Å². The van der Waals surface area contributed by atoms with Gasteiger partial charge in [0, 0.05) is 11.9 Å². The fourth-order valence-electron chi connectivity index (χ4n) is 1.37. The Hall–Kier alpha value is 0.220. The van der Waals surface area contributed by atoms with Gasteiger partial charge in [0.25, 0.3) is 6.43 Å². The molecule has 0 radical (unpaired) electrons. The summed E-state index contributed by atoms with van der Waals surface area (Å²) in [5.74, 6) is 0. The highest BCUT2D eigenvalue weighted by atomic mass is 79.9. The van der Waals surface area contributed by atoms with Crippen LogP contribution in [-0.4, -0.2) is 50.4 Å². The van der Waals surface area contributed by atoms with E-state index in [-0.39, 0.29) is 17.0 Å². The molecule has 1 saturated carbocycles. The van der Waals surface area contributed by atoms with Crippen molar-refractivity contribution in [3.8, 4) is 0 Å². The number of alkyl halides is 3. The molecular formula is C9H15BrF2O3. The summed E-state index contributed by atoms with van der Waals surface area (Å²) in [5.41, 5.74) is 0. The third kappa shape index (κ3) is 4.30. The van der Waals surface area contributed by atoms with E-state index in [2.05, 4.69) is 15.9 Å². The van der Waals surface area contributed by atoms with Crippen LogP contribution in [0, 0.1) is 0 Å². The van der Waals surface area contributed by atoms with Crippen LogP contribution in [0.5, 0.6) is 0 Å². The van der Waals surface area contributed by atoms with Gasteiger partial charge in [-0.25, -0.2) is 8.78 Å². The highest BCUT2D eigenvalue weighted by Crippen LogP contribution is 2.33. The largest absolute Gasteiger partial charge is 0.382 e. The summed E-state index contributed by atoms with van der Waals surface area (Å²) in [4.78, 5) is 0.192. The molecular weight excluding hydrogens is 274 g/mol. The van der Waals surface area contributed by atoms with Gasteiger partial charge in [-0.1, -0.05) is 15.9 Å². The molecule has 15 heavy (non-hydrogen) atoms. The van der Waals surface area contributed by atoms with Gasteiger partial charge in [0.05, 0.1) is 25.4 Å². The molecule has 0 N–H and O–H groups in total. The van der Waals surface area contributed by atoms with E-state index in [1.165, 1.54) is 0 Å². The molecule has 1 aliphatic rings. The maximum atomic E-state index is 11.9. The molecule has 0 amide bonds. The monoisotopic (exact) mass is 288 g/mol. The zero-order chi connectivity index (χ0) is 11.3. The quantitative estimate of drug-likeness (QED) is 0.528. The molecule has 1 rings (SSSR count). The van der Waals surface area contributed by atoms with Crippen LogP contribution in [0.25, 0.3) is 0 Å². The van der Waals surface area contributed by atoms with Gasteiger partial charge >= 0.3 is 0 Å². The van der Waals surface area contributed by atoms with E-state index in [4.69, 9.17) is 14.2 Å². The van der Waals surface area contributed by atoms with Gasteiger partial charge in [-0.05, 0) is 6.42 Å². The first-order chi connectivity index (χ1) is 7.15. The zero-order valence-electron chi connectivity index (χ0n) is 8.50. The van der Waals surface area contributed by atoms with Crippen molar-refractivity contribution in [1.29, 1.82) is 0 Å². The minimum absolute atomic E-state index is 0.140. The average molecular weight is 289 g/mol. The second kappa shape index (κ2) is 6.73. The maximum absolute atomic E-state index is 11.9. The van der Waals surface area contributed by atoms with Gasteiger partial charge in [0.15, 0.2) is 0 Å². The number of halogens is 3. The van der Waals surface area contributed by atoms with Gasteiger partial charge in [-0.3, -0.25) is 0 Å². The summed E-state index contributed by atoms with van der Waals surface area (Å²) in [6.45, 7) is 0.435. The van der Waals surface area contributed by atoms with Crippen LogP contribution in [0.2, 0.25) is 0 Å². The molecule has 0 spiro atoms. The summed E-state index contributed by atoms with van der Waals surface area (Å²) < 4.78 is 39.0. The predicted octanol–water partition coefficient (Wildman–Crippen LogP) is 1.84. The molecule has 0 aromatic rings. The highest BCUT2D eigenvalue weighted by molar-refractivity contribution is 9.09. The van der Waals surface area contributed by atoms with Crippen LogP contribution in [0.1, 0.15) is 6.42 Å². The Morgan fingerprint density at radius 1 is 1.33 bits per heavy atom. The van der Waals surface area contributed by atoms with Gasteiger partial charge in [0.2, 0.25) is 0 Å². The Labute approximate surface area is 96.2 Å². The highest BCUT2D eigenvalue weighted by Gasteiger charge is 2.41. The Balaban J connectivity index is 2.16. The molecule has 1 aliphatic carbocycles. The first-order valence-corrected chi connectivity index (χ1v) is 5.71. The molecule has 1 fully saturated rings. The maximum Gasteiger partial charge on any atom is 0.261 e. The summed E-state index contributed by atoms with van der Waals surface area (Å²) >= 11 is 3.39. The standard InChI is InChI=1S/C9H15BrF2O3/c1-13-2-3-14-9-6(10)4-7(9)15-5-8(11)12/h6-9H,2-5H2,1H3. The van der Waals surface area contributed by atoms with Crippen LogP contribution in [0.4, 0.5) is 8.78 Å². The van der Waals surface area contributed by atoms with E-state index < -0.39 is 13.0 Å². The Kier molecular flexibility index (Phi) is 5.96. The summed E-state index contributed by atoms with van der Waals surface area (Å²) in [6, 6.07) is 0. The SMILES string of the molecule is COCCOC1C(Br)CC1OCC(F)F. The van der Waals surface area contributed by atoms with Crippen molar-refractivity contribution in [3.05, 3.63) is 0 Å². The first kappa shape index (κ1) is 13.3. The molecule has 0 aliphatic heterocycles. The second-order valence-electron chi connectivity index (χ2n) is 3.34. The van der Waals surface area contributed by atoms with E-state index >= 15 is 0 Å². The van der Waals surface area contributed by atoms with E-state index in [0.717, 1.165) is 0 Å². The minimum Gasteiger partial charge on any atom is -0.382 e. The summed E-state index contributed by atoms with van der Waals surface area (Å²) in [5, 5.41) is 0. The van der Waals surface area contributed by atoms with E-state index in [9.17, 15) is 8.78 Å². The lowest BCUT2D eigenvalue weighted by atomic mass is 9.91. The lowest BCUT2D eigenvalue weighted by Crippen LogP contribution is -2.51. The van der Waals surface area contributed by atoms with Crippen LogP contribution in [0.3, 0.4) is 0 Å². The minimum atomic E-state index is -2.42. The summed E-state index contributed by atoms with van der Waals surface area (Å²) in [6.07, 6.45) is -2.07. The van der Waals surface area contributed by atoms with Crippen molar-refractivity contribution in [2.45, 2.75) is 29.9 Å². The van der Waals surface area contributed by atoms with Crippen LogP contribution in [0.15, 0.2) is 0 Å². The topological polar surface area (TPSA) is 27.7 Å². The van der Waals surface area contributed by atoms with E-state index in [1.807, 2.05) is 0 Å². The Morgan fingerprint density at radius 3 is 2.60 bits per heavy atom. The second-order valence-corrected chi connectivity index (χ2v) is 4.52. The number of hydrogen-bond donors (Lipinski definition) is 0. The van der Waals surface area contributed by atoms with E-state index in [0.29, 0.717) is 19.6 Å². The fourth-order valence-corrected chi connectivity index (χ4v) is 2.23. The normalized spacial score (nSPS) is 30.6. The Morgan fingerprint density at radius 2 is 2.07 bits per heavy atom. The fraction of sp³-hybridized carbons (Fsp3) is 1.00. The van der Waals surface area contributed by atoms with Crippen LogP contribution >= 0.6 is 15.9 Å². The molecule has 6 heteroatoms. The number of ether oxygens (including phenoxy) is 3. The molecule has 0 aromatic carbocycles. The molecule has 90 valence electrons. The zero-order valence-corrected chi connectivity index (χ0v) is 10.1. The lowest BCUT2D eigenvalue weighted by molar-refractivity contribution is -0.143. The van der Waals surface area contributed by atoms with Crippen LogP contribution in [-0.2, 0) is 14.2 Å². The molecule has 3 nitrogen and oxygen atoms in total. The lowest BCUT2D eigenvalue weighted by Gasteiger charge is -2.40. The third-order valence-electron chi connectivity index (χ3n) is 2.21. The summed E-state index contributed by atoms with van der Waals surface area (Å²) in [7, 11) is 1.58. The number of rotatable bonds is 7. The molecule has 0 bridgehead atoms. The van der Waals surface area contributed by atoms with Crippen molar-refractivity contribution in [2.75, 3.05) is 26.9 Å². The van der Waals surface area contributed by atoms with E-state index in [1.54, 1.807) is 7.11 Å². The number of hydrogen-bond acceptors (Lipinski definition) is 3. The van der Waals surface area contributed by atoms with Crippen molar-refractivity contribution in [3.63, 3.8) is 0 Å². The van der Waals surface area contributed by atoms with Gasteiger partial charge in [0.1, 0.15) is 6.61 Å². The predicted molar refractivity (Wildman–Crippen MR) is 54.7 cm³/mol. The van der Waals surface area contributed by atoms with Gasteiger partial charge in [-0.2, -0.15) is 0 Å². The first-order valence-electron chi connectivity index (χ1n) is 4.79. The molecule has 0 saturated heterocycles. The molecule has 0 aromatic heterocycles. The van der Waals surface area contributed by atoms with Crippen molar-refractivity contribution >= 4 is 15.9 Å². The van der Waals surface area contributed by atoms with Gasteiger partial charge < -0.3 is 14.2 Å². The molecule has 3 atom stereocenters. The Bertz CT molecular complexity index is 183.